The van der Waals surface area contributed by atoms with Gasteiger partial charge in [-0.1, -0.05) is 35.4 Å². The van der Waals surface area contributed by atoms with Crippen molar-refractivity contribution >= 4 is 17.7 Å². The fourth-order valence-corrected chi connectivity index (χ4v) is 2.20. The molecule has 0 radical (unpaired) electrons. The Labute approximate surface area is 136 Å². The lowest BCUT2D eigenvalue weighted by Gasteiger charge is -2.17. The SMILES string of the molecule is O=C(O)CCC(Cc1ccccc1)NC(=O)c1cc([N+](=O)[O-])[nH]n1. The van der Waals surface area contributed by atoms with Crippen LogP contribution in [0.2, 0.25) is 0 Å². The Kier molecular flexibility index (Phi) is 5.61. The predicted octanol–water partition coefficient (Wildman–Crippen LogP) is 1.52. The molecule has 0 fully saturated rings. The smallest absolute Gasteiger partial charge is 0.343 e. The summed E-state index contributed by atoms with van der Waals surface area (Å²) in [5.74, 6) is -1.94. The summed E-state index contributed by atoms with van der Waals surface area (Å²) >= 11 is 0. The van der Waals surface area contributed by atoms with E-state index in [9.17, 15) is 19.7 Å². The number of nitrogens with one attached hydrogen (secondary N) is 2. The second-order valence-corrected chi connectivity index (χ2v) is 5.19. The molecule has 0 spiro atoms. The molecule has 3 N–H and O–H groups in total. The number of nitro groups is 1. The molecule has 1 heterocycles. The van der Waals surface area contributed by atoms with Gasteiger partial charge < -0.3 is 20.5 Å². The van der Waals surface area contributed by atoms with Crippen molar-refractivity contribution in [2.75, 3.05) is 0 Å². The van der Waals surface area contributed by atoms with E-state index < -0.39 is 22.8 Å². The van der Waals surface area contributed by atoms with Gasteiger partial charge in [-0.25, -0.2) is 0 Å². The summed E-state index contributed by atoms with van der Waals surface area (Å²) in [6.07, 6.45) is 0.591. The minimum atomic E-state index is -0.960. The highest BCUT2D eigenvalue weighted by atomic mass is 16.6. The number of carboxylic acids is 1. The van der Waals surface area contributed by atoms with Crippen LogP contribution in [0.15, 0.2) is 36.4 Å². The highest BCUT2D eigenvalue weighted by Crippen LogP contribution is 2.11. The van der Waals surface area contributed by atoms with Gasteiger partial charge in [0, 0.05) is 12.5 Å². The zero-order valence-electron chi connectivity index (χ0n) is 12.6. The van der Waals surface area contributed by atoms with Gasteiger partial charge in [-0.2, -0.15) is 0 Å². The molecule has 0 saturated carbocycles. The van der Waals surface area contributed by atoms with Crippen LogP contribution in [0.4, 0.5) is 5.82 Å². The first kappa shape index (κ1) is 17.1. The van der Waals surface area contributed by atoms with Crippen LogP contribution in [0.25, 0.3) is 0 Å². The molecule has 1 aromatic carbocycles. The maximum atomic E-state index is 12.2. The lowest BCUT2D eigenvalue weighted by Crippen LogP contribution is -2.37. The summed E-state index contributed by atoms with van der Waals surface area (Å²) in [6, 6.07) is 9.92. The molecule has 0 saturated heterocycles. The molecular weight excluding hydrogens is 316 g/mol. The molecule has 1 aromatic heterocycles. The van der Waals surface area contributed by atoms with Gasteiger partial charge in [0.05, 0.1) is 6.07 Å². The highest BCUT2D eigenvalue weighted by Gasteiger charge is 2.20. The summed E-state index contributed by atoms with van der Waals surface area (Å²) in [4.78, 5) is 32.9. The Bertz CT molecular complexity index is 728. The molecule has 0 aliphatic rings. The maximum absolute atomic E-state index is 12.2. The third-order valence-electron chi connectivity index (χ3n) is 3.36. The first-order valence-electron chi connectivity index (χ1n) is 7.22. The number of rotatable bonds is 8. The van der Waals surface area contributed by atoms with Crippen molar-refractivity contribution in [3.8, 4) is 0 Å². The van der Waals surface area contributed by atoms with Gasteiger partial charge in [0.15, 0.2) is 5.69 Å². The Morgan fingerprint density at radius 2 is 2.04 bits per heavy atom. The van der Waals surface area contributed by atoms with Crippen molar-refractivity contribution < 1.29 is 19.6 Å². The maximum Gasteiger partial charge on any atom is 0.343 e. The number of carbonyl (C=O) groups is 2. The Morgan fingerprint density at radius 1 is 1.33 bits per heavy atom. The van der Waals surface area contributed by atoms with E-state index in [1.54, 1.807) is 0 Å². The predicted molar refractivity (Wildman–Crippen MR) is 83.5 cm³/mol. The number of nitrogens with zero attached hydrogens (tertiary/aromatic N) is 2. The number of carbonyl (C=O) groups excluding carboxylic acids is 1. The molecule has 9 nitrogen and oxygen atoms in total. The number of hydrogen-bond donors (Lipinski definition) is 3. The fourth-order valence-electron chi connectivity index (χ4n) is 2.20. The van der Waals surface area contributed by atoms with Crippen LogP contribution >= 0.6 is 0 Å². The van der Waals surface area contributed by atoms with Crippen molar-refractivity contribution in [3.05, 3.63) is 57.8 Å². The van der Waals surface area contributed by atoms with Gasteiger partial charge in [-0.05, 0) is 23.3 Å². The van der Waals surface area contributed by atoms with E-state index in [4.69, 9.17) is 5.11 Å². The molecule has 1 amide bonds. The van der Waals surface area contributed by atoms with Gasteiger partial charge in [0.1, 0.15) is 0 Å². The second-order valence-electron chi connectivity index (χ2n) is 5.19. The van der Waals surface area contributed by atoms with Gasteiger partial charge in [-0.3, -0.25) is 9.59 Å². The van der Waals surface area contributed by atoms with E-state index in [-0.39, 0.29) is 24.4 Å². The first-order chi connectivity index (χ1) is 11.5. The van der Waals surface area contributed by atoms with E-state index in [2.05, 4.69) is 15.5 Å². The molecule has 1 unspecified atom stereocenters. The topological polar surface area (TPSA) is 138 Å². The largest absolute Gasteiger partial charge is 0.481 e. The van der Waals surface area contributed by atoms with Gasteiger partial charge in [0.25, 0.3) is 5.91 Å². The lowest BCUT2D eigenvalue weighted by atomic mass is 10.0. The van der Waals surface area contributed by atoms with Crippen LogP contribution in [-0.2, 0) is 11.2 Å². The molecule has 2 rings (SSSR count). The number of amides is 1. The number of benzene rings is 1. The normalized spacial score (nSPS) is 11.7. The zero-order chi connectivity index (χ0) is 17.5. The Hall–Kier alpha value is -3.23. The van der Waals surface area contributed by atoms with Gasteiger partial charge in [-0.15, -0.1) is 5.10 Å². The van der Waals surface area contributed by atoms with Crippen LogP contribution in [0.1, 0.15) is 28.9 Å². The highest BCUT2D eigenvalue weighted by molar-refractivity contribution is 5.93. The summed E-state index contributed by atoms with van der Waals surface area (Å²) in [7, 11) is 0. The number of aliphatic carboxylic acids is 1. The number of hydrogen-bond acceptors (Lipinski definition) is 5. The number of aromatic amines is 1. The molecule has 0 bridgehead atoms. The standard InChI is InChI=1S/C15H16N4O5/c20-14(21)7-6-11(8-10-4-2-1-3-5-10)16-15(22)12-9-13(18-17-12)19(23)24/h1-5,9,11H,6-8H2,(H,16,22)(H,17,18)(H,20,21). The number of carboxylic acid groups (broad SMARTS) is 1. The molecule has 126 valence electrons. The Morgan fingerprint density at radius 3 is 2.62 bits per heavy atom. The third kappa shape index (κ3) is 4.90. The Balaban J connectivity index is 2.06. The molecule has 2 aromatic rings. The van der Waals surface area contributed by atoms with Crippen LogP contribution < -0.4 is 5.32 Å². The van der Waals surface area contributed by atoms with Crippen molar-refractivity contribution in [1.82, 2.24) is 15.5 Å². The van der Waals surface area contributed by atoms with E-state index in [1.165, 1.54) is 0 Å². The van der Waals surface area contributed by atoms with Crippen molar-refractivity contribution in [2.24, 2.45) is 0 Å². The monoisotopic (exact) mass is 332 g/mol. The zero-order valence-corrected chi connectivity index (χ0v) is 12.6. The van der Waals surface area contributed by atoms with E-state index in [0.717, 1.165) is 11.6 Å². The van der Waals surface area contributed by atoms with E-state index in [0.29, 0.717) is 6.42 Å². The quantitative estimate of drug-likeness (QED) is 0.495. The minimum Gasteiger partial charge on any atom is -0.481 e. The summed E-state index contributed by atoms with van der Waals surface area (Å²) < 4.78 is 0. The number of aromatic nitrogens is 2. The second kappa shape index (κ2) is 7.86. The average Bonchev–Trinajstić information content (AvgIpc) is 3.04. The number of H-pyrrole nitrogens is 1. The third-order valence-corrected chi connectivity index (χ3v) is 3.36. The van der Waals surface area contributed by atoms with Crippen molar-refractivity contribution in [2.45, 2.75) is 25.3 Å². The van der Waals surface area contributed by atoms with Crippen LogP contribution in [0.3, 0.4) is 0 Å². The van der Waals surface area contributed by atoms with Crippen LogP contribution in [0, 0.1) is 10.1 Å². The molecule has 9 heteroatoms. The molecule has 1 atom stereocenters. The summed E-state index contributed by atoms with van der Waals surface area (Å²) in [5, 5.41) is 27.9. The molecular formula is C15H16N4O5. The average molecular weight is 332 g/mol. The molecule has 24 heavy (non-hydrogen) atoms. The van der Waals surface area contributed by atoms with Crippen LogP contribution in [-0.4, -0.2) is 38.1 Å². The van der Waals surface area contributed by atoms with E-state index in [1.807, 2.05) is 30.3 Å². The summed E-state index contributed by atoms with van der Waals surface area (Å²) in [6.45, 7) is 0. The lowest BCUT2D eigenvalue weighted by molar-refractivity contribution is -0.389. The summed E-state index contributed by atoms with van der Waals surface area (Å²) in [5.41, 5.74) is 0.830. The first-order valence-corrected chi connectivity index (χ1v) is 7.22. The van der Waals surface area contributed by atoms with Crippen molar-refractivity contribution in [3.63, 3.8) is 0 Å². The molecule has 0 aliphatic carbocycles. The van der Waals surface area contributed by atoms with Crippen LogP contribution in [0.5, 0.6) is 0 Å². The minimum absolute atomic E-state index is 0.0987. The van der Waals surface area contributed by atoms with Crippen molar-refractivity contribution in [1.29, 1.82) is 0 Å². The molecule has 0 aliphatic heterocycles. The van der Waals surface area contributed by atoms with Gasteiger partial charge in [0.2, 0.25) is 0 Å². The van der Waals surface area contributed by atoms with Gasteiger partial charge >= 0.3 is 11.8 Å². The fraction of sp³-hybridized carbons (Fsp3) is 0.267. The van der Waals surface area contributed by atoms with E-state index >= 15 is 0 Å².